The fourth-order valence-corrected chi connectivity index (χ4v) is 1.90. The van der Waals surface area contributed by atoms with Crippen LogP contribution in [0.5, 0.6) is 11.5 Å². The molecule has 122 valence electrons. The Hall–Kier alpha value is -2.24. The maximum absolute atomic E-state index is 12.2. The molecule has 0 saturated carbocycles. The maximum atomic E-state index is 12.2. The lowest BCUT2D eigenvalue weighted by Crippen LogP contribution is -2.44. The molecular formula is C16H23NO5. The van der Waals surface area contributed by atoms with Crippen LogP contribution in [0.4, 0.5) is 0 Å². The molecule has 2 N–H and O–H groups in total. The van der Waals surface area contributed by atoms with Crippen LogP contribution >= 0.6 is 0 Å². The summed E-state index contributed by atoms with van der Waals surface area (Å²) in [6.07, 6.45) is -0.0223. The van der Waals surface area contributed by atoms with E-state index in [9.17, 15) is 9.59 Å². The molecular weight excluding hydrogens is 286 g/mol. The van der Waals surface area contributed by atoms with Crippen LogP contribution < -0.4 is 14.8 Å². The molecule has 0 unspecified atom stereocenters. The molecule has 0 radical (unpaired) electrons. The van der Waals surface area contributed by atoms with E-state index in [4.69, 9.17) is 14.6 Å². The van der Waals surface area contributed by atoms with E-state index < -0.39 is 17.9 Å². The number of aliphatic carboxylic acids is 1. The molecule has 0 aliphatic rings. The molecule has 1 atom stereocenters. The van der Waals surface area contributed by atoms with Gasteiger partial charge in [0, 0.05) is 5.56 Å². The largest absolute Gasteiger partial charge is 0.493 e. The number of carboxylic acids is 1. The summed E-state index contributed by atoms with van der Waals surface area (Å²) >= 11 is 0. The van der Waals surface area contributed by atoms with Crippen LogP contribution in [-0.4, -0.2) is 36.2 Å². The van der Waals surface area contributed by atoms with Crippen LogP contribution in [0, 0.1) is 5.92 Å². The lowest BCUT2D eigenvalue weighted by Gasteiger charge is -2.19. The SMILES string of the molecule is COc1cc(C(=O)N[C@@H](C(=O)O)C(C)C)ccc1OC(C)C. The molecule has 1 aromatic carbocycles. The second kappa shape index (κ2) is 7.68. The van der Waals surface area contributed by atoms with Gasteiger partial charge >= 0.3 is 5.97 Å². The van der Waals surface area contributed by atoms with E-state index in [2.05, 4.69) is 5.32 Å². The fraction of sp³-hybridized carbons (Fsp3) is 0.500. The van der Waals surface area contributed by atoms with Crippen molar-refractivity contribution in [1.29, 1.82) is 0 Å². The van der Waals surface area contributed by atoms with Crippen molar-refractivity contribution in [3.63, 3.8) is 0 Å². The highest BCUT2D eigenvalue weighted by Crippen LogP contribution is 2.29. The van der Waals surface area contributed by atoms with Crippen molar-refractivity contribution in [2.24, 2.45) is 5.92 Å². The number of carbonyl (C=O) groups excluding carboxylic acids is 1. The monoisotopic (exact) mass is 309 g/mol. The van der Waals surface area contributed by atoms with E-state index in [0.717, 1.165) is 0 Å². The molecule has 1 aromatic rings. The Bertz CT molecular complexity index is 539. The summed E-state index contributed by atoms with van der Waals surface area (Å²) in [6, 6.07) is 3.81. The van der Waals surface area contributed by atoms with Gasteiger partial charge in [0.1, 0.15) is 6.04 Å². The zero-order chi connectivity index (χ0) is 16.9. The molecule has 0 spiro atoms. The Morgan fingerprint density at radius 2 is 1.77 bits per heavy atom. The molecule has 0 aromatic heterocycles. The Kier molecular flexibility index (Phi) is 6.22. The van der Waals surface area contributed by atoms with E-state index >= 15 is 0 Å². The summed E-state index contributed by atoms with van der Waals surface area (Å²) in [7, 11) is 1.48. The van der Waals surface area contributed by atoms with E-state index in [0.29, 0.717) is 17.1 Å². The highest BCUT2D eigenvalue weighted by molar-refractivity contribution is 5.97. The number of hydrogen-bond acceptors (Lipinski definition) is 4. The van der Waals surface area contributed by atoms with Crippen LogP contribution in [0.3, 0.4) is 0 Å². The Balaban J connectivity index is 2.97. The smallest absolute Gasteiger partial charge is 0.326 e. The normalized spacial score (nSPS) is 12.1. The van der Waals surface area contributed by atoms with E-state index in [1.807, 2.05) is 13.8 Å². The quantitative estimate of drug-likeness (QED) is 0.807. The van der Waals surface area contributed by atoms with Gasteiger partial charge in [-0.25, -0.2) is 4.79 Å². The van der Waals surface area contributed by atoms with Gasteiger partial charge in [0.15, 0.2) is 11.5 Å². The maximum Gasteiger partial charge on any atom is 0.326 e. The van der Waals surface area contributed by atoms with Gasteiger partial charge in [0.25, 0.3) is 5.91 Å². The summed E-state index contributed by atoms with van der Waals surface area (Å²) in [5, 5.41) is 11.6. The minimum absolute atomic E-state index is 0.0223. The summed E-state index contributed by atoms with van der Waals surface area (Å²) in [4.78, 5) is 23.3. The number of nitrogens with one attached hydrogen (secondary N) is 1. The third kappa shape index (κ3) is 4.65. The number of benzene rings is 1. The van der Waals surface area contributed by atoms with Gasteiger partial charge < -0.3 is 19.9 Å². The molecule has 6 nitrogen and oxygen atoms in total. The Morgan fingerprint density at radius 1 is 1.14 bits per heavy atom. The number of rotatable bonds is 7. The topological polar surface area (TPSA) is 84.9 Å². The molecule has 0 aliphatic carbocycles. The van der Waals surface area contributed by atoms with Crippen molar-refractivity contribution in [1.82, 2.24) is 5.32 Å². The van der Waals surface area contributed by atoms with Crippen LogP contribution in [0.2, 0.25) is 0 Å². The average Bonchev–Trinajstić information content (AvgIpc) is 2.43. The van der Waals surface area contributed by atoms with Gasteiger partial charge in [-0.05, 0) is 38.0 Å². The van der Waals surface area contributed by atoms with Gasteiger partial charge in [-0.1, -0.05) is 13.8 Å². The lowest BCUT2D eigenvalue weighted by molar-refractivity contribution is -0.140. The zero-order valence-corrected chi connectivity index (χ0v) is 13.5. The standard InChI is InChI=1S/C16H23NO5/c1-9(2)14(16(19)20)17-15(18)11-6-7-12(22-10(3)4)13(8-11)21-5/h6-10,14H,1-5H3,(H,17,18)(H,19,20)/t14-/m1/s1. The number of amides is 1. The molecule has 6 heteroatoms. The second-order valence-corrected chi connectivity index (χ2v) is 5.57. The number of hydrogen-bond donors (Lipinski definition) is 2. The summed E-state index contributed by atoms with van der Waals surface area (Å²) in [5.74, 6) is -0.775. The molecule has 0 bridgehead atoms. The zero-order valence-electron chi connectivity index (χ0n) is 13.5. The number of carbonyl (C=O) groups is 2. The van der Waals surface area contributed by atoms with E-state index in [1.54, 1.807) is 26.0 Å². The Labute approximate surface area is 130 Å². The average molecular weight is 309 g/mol. The number of carboxylic acid groups (broad SMARTS) is 1. The van der Waals surface area contributed by atoms with Gasteiger partial charge in [-0.2, -0.15) is 0 Å². The highest BCUT2D eigenvalue weighted by Gasteiger charge is 2.24. The molecule has 1 rings (SSSR count). The van der Waals surface area contributed by atoms with Gasteiger partial charge in [-0.15, -0.1) is 0 Å². The first-order valence-electron chi connectivity index (χ1n) is 7.14. The first-order valence-corrected chi connectivity index (χ1v) is 7.14. The minimum atomic E-state index is -1.06. The summed E-state index contributed by atoms with van der Waals surface area (Å²) in [5.41, 5.74) is 0.319. The molecule has 0 aliphatic heterocycles. The molecule has 22 heavy (non-hydrogen) atoms. The second-order valence-electron chi connectivity index (χ2n) is 5.57. The lowest BCUT2D eigenvalue weighted by atomic mass is 10.0. The molecule has 1 amide bonds. The molecule has 0 heterocycles. The van der Waals surface area contributed by atoms with Gasteiger partial charge in [-0.3, -0.25) is 4.79 Å². The summed E-state index contributed by atoms with van der Waals surface area (Å²) in [6.45, 7) is 7.25. The van der Waals surface area contributed by atoms with E-state index in [1.165, 1.54) is 13.2 Å². The van der Waals surface area contributed by atoms with Crippen molar-refractivity contribution < 1.29 is 24.2 Å². The van der Waals surface area contributed by atoms with Crippen LogP contribution in [-0.2, 0) is 4.79 Å². The Morgan fingerprint density at radius 3 is 2.23 bits per heavy atom. The number of methoxy groups -OCH3 is 1. The minimum Gasteiger partial charge on any atom is -0.493 e. The molecule has 0 saturated heterocycles. The summed E-state index contributed by atoms with van der Waals surface area (Å²) < 4.78 is 10.8. The van der Waals surface area contributed by atoms with Crippen molar-refractivity contribution in [2.45, 2.75) is 39.8 Å². The van der Waals surface area contributed by atoms with Crippen molar-refractivity contribution in [2.75, 3.05) is 7.11 Å². The molecule has 0 fully saturated rings. The predicted octanol–water partition coefficient (Wildman–Crippen LogP) is 2.32. The van der Waals surface area contributed by atoms with Crippen LogP contribution in [0.25, 0.3) is 0 Å². The predicted molar refractivity (Wildman–Crippen MR) is 82.5 cm³/mol. The highest BCUT2D eigenvalue weighted by atomic mass is 16.5. The number of ether oxygens (including phenoxy) is 2. The van der Waals surface area contributed by atoms with Crippen LogP contribution in [0.15, 0.2) is 18.2 Å². The third-order valence-corrected chi connectivity index (χ3v) is 3.01. The van der Waals surface area contributed by atoms with E-state index in [-0.39, 0.29) is 12.0 Å². The fourth-order valence-electron chi connectivity index (χ4n) is 1.90. The van der Waals surface area contributed by atoms with Crippen molar-refractivity contribution >= 4 is 11.9 Å². The van der Waals surface area contributed by atoms with Gasteiger partial charge in [0.05, 0.1) is 13.2 Å². The van der Waals surface area contributed by atoms with Gasteiger partial charge in [0.2, 0.25) is 0 Å². The first-order chi connectivity index (χ1) is 10.3. The third-order valence-electron chi connectivity index (χ3n) is 3.01. The first kappa shape index (κ1) is 17.8. The van der Waals surface area contributed by atoms with Crippen LogP contribution in [0.1, 0.15) is 38.1 Å². The van der Waals surface area contributed by atoms with Crippen molar-refractivity contribution in [3.05, 3.63) is 23.8 Å². The van der Waals surface area contributed by atoms with Crippen molar-refractivity contribution in [3.8, 4) is 11.5 Å².